The second-order valence-electron chi connectivity index (χ2n) is 6.67. The van der Waals surface area contributed by atoms with Crippen molar-refractivity contribution in [3.63, 3.8) is 0 Å². The van der Waals surface area contributed by atoms with Gasteiger partial charge in [-0.15, -0.1) is 0 Å². The first-order valence-corrected chi connectivity index (χ1v) is 8.77. The second kappa shape index (κ2) is 8.00. The van der Waals surface area contributed by atoms with E-state index in [4.69, 9.17) is 0 Å². The number of nitrogens with one attached hydrogen (secondary N) is 1. The normalized spacial score (nSPS) is 17.3. The highest BCUT2D eigenvalue weighted by Crippen LogP contribution is 2.30. The van der Waals surface area contributed by atoms with Crippen LogP contribution >= 0.6 is 0 Å². The van der Waals surface area contributed by atoms with Crippen LogP contribution in [0.1, 0.15) is 28.8 Å². The zero-order valence-corrected chi connectivity index (χ0v) is 14.8. The van der Waals surface area contributed by atoms with Crippen molar-refractivity contribution < 1.29 is 27.2 Å². The maximum Gasteiger partial charge on any atom is 0.416 e. The Morgan fingerprint density at radius 1 is 1.07 bits per heavy atom. The van der Waals surface area contributed by atoms with Crippen molar-refractivity contribution in [3.05, 3.63) is 65.5 Å². The Labute approximate surface area is 159 Å². The SMILES string of the molecule is O=C(Nc1ccc(F)cc1)[C@H]1CCCN(C(=O)c2cccc(C(F)(F)F)c2)C1. The van der Waals surface area contributed by atoms with Gasteiger partial charge < -0.3 is 10.2 Å². The highest BCUT2D eigenvalue weighted by atomic mass is 19.4. The van der Waals surface area contributed by atoms with Crippen molar-refractivity contribution in [1.29, 1.82) is 0 Å². The number of rotatable bonds is 3. The number of anilines is 1. The van der Waals surface area contributed by atoms with Crippen molar-refractivity contribution in [3.8, 4) is 0 Å². The number of amides is 2. The molecule has 28 heavy (non-hydrogen) atoms. The first kappa shape index (κ1) is 19.9. The Morgan fingerprint density at radius 3 is 2.46 bits per heavy atom. The first-order chi connectivity index (χ1) is 13.2. The molecule has 0 bridgehead atoms. The third kappa shape index (κ3) is 4.68. The number of carbonyl (C=O) groups excluding carboxylic acids is 2. The number of hydrogen-bond donors (Lipinski definition) is 1. The van der Waals surface area contributed by atoms with Gasteiger partial charge in [0.15, 0.2) is 0 Å². The van der Waals surface area contributed by atoms with Crippen LogP contribution in [0.15, 0.2) is 48.5 Å². The average Bonchev–Trinajstić information content (AvgIpc) is 2.68. The predicted octanol–water partition coefficient (Wildman–Crippen LogP) is 4.34. The smallest absolute Gasteiger partial charge is 0.338 e. The van der Waals surface area contributed by atoms with Crippen LogP contribution < -0.4 is 5.32 Å². The van der Waals surface area contributed by atoms with Crippen LogP contribution in [0.4, 0.5) is 23.2 Å². The van der Waals surface area contributed by atoms with Crippen molar-refractivity contribution in [2.45, 2.75) is 19.0 Å². The van der Waals surface area contributed by atoms with Gasteiger partial charge in [0.2, 0.25) is 5.91 Å². The Balaban J connectivity index is 1.68. The lowest BCUT2D eigenvalue weighted by Gasteiger charge is -2.32. The van der Waals surface area contributed by atoms with Gasteiger partial charge >= 0.3 is 6.18 Å². The Kier molecular flexibility index (Phi) is 5.67. The molecule has 2 aromatic carbocycles. The van der Waals surface area contributed by atoms with E-state index < -0.39 is 29.4 Å². The van der Waals surface area contributed by atoms with Crippen LogP contribution in [0.3, 0.4) is 0 Å². The van der Waals surface area contributed by atoms with Crippen LogP contribution in [0.2, 0.25) is 0 Å². The summed E-state index contributed by atoms with van der Waals surface area (Å²) in [6, 6.07) is 9.57. The number of hydrogen-bond acceptors (Lipinski definition) is 2. The van der Waals surface area contributed by atoms with E-state index in [-0.39, 0.29) is 18.0 Å². The monoisotopic (exact) mass is 394 g/mol. The molecule has 2 amide bonds. The maximum absolute atomic E-state index is 13.0. The molecule has 1 aliphatic heterocycles. The average molecular weight is 394 g/mol. The molecule has 0 saturated carbocycles. The third-order valence-corrected chi connectivity index (χ3v) is 4.63. The molecule has 1 aliphatic rings. The lowest BCUT2D eigenvalue weighted by atomic mass is 9.96. The molecule has 1 fully saturated rings. The predicted molar refractivity (Wildman–Crippen MR) is 95.1 cm³/mol. The standard InChI is InChI=1S/C20H18F4N2O2/c21-16-6-8-17(9-7-16)25-18(27)14-4-2-10-26(12-14)19(28)13-3-1-5-15(11-13)20(22,23)24/h1,3,5-9,11,14H,2,4,10,12H2,(H,25,27)/t14-/m0/s1. The number of benzene rings is 2. The fraction of sp³-hybridized carbons (Fsp3) is 0.300. The number of alkyl halides is 3. The Morgan fingerprint density at radius 2 is 1.79 bits per heavy atom. The van der Waals surface area contributed by atoms with E-state index >= 15 is 0 Å². The molecule has 2 aromatic rings. The summed E-state index contributed by atoms with van der Waals surface area (Å²) in [4.78, 5) is 26.5. The van der Waals surface area contributed by atoms with Gasteiger partial charge in [-0.25, -0.2) is 4.39 Å². The molecule has 0 aliphatic carbocycles. The number of nitrogens with zero attached hydrogens (tertiary/aromatic N) is 1. The molecule has 0 aromatic heterocycles. The molecule has 148 valence electrons. The van der Waals surface area contributed by atoms with Crippen LogP contribution in [0, 0.1) is 11.7 Å². The lowest BCUT2D eigenvalue weighted by molar-refractivity contribution is -0.137. The number of piperidine rings is 1. The number of likely N-dealkylation sites (tertiary alicyclic amines) is 1. The van der Waals surface area contributed by atoms with E-state index in [2.05, 4.69) is 5.32 Å². The van der Waals surface area contributed by atoms with Crippen molar-refractivity contribution in [2.24, 2.45) is 5.92 Å². The maximum atomic E-state index is 13.0. The summed E-state index contributed by atoms with van der Waals surface area (Å²) in [7, 11) is 0. The molecule has 4 nitrogen and oxygen atoms in total. The van der Waals surface area contributed by atoms with Crippen LogP contribution in [0.25, 0.3) is 0 Å². The third-order valence-electron chi connectivity index (χ3n) is 4.63. The minimum atomic E-state index is -4.53. The zero-order chi connectivity index (χ0) is 20.3. The molecule has 0 unspecified atom stereocenters. The van der Waals surface area contributed by atoms with E-state index in [9.17, 15) is 27.2 Å². The lowest BCUT2D eigenvalue weighted by Crippen LogP contribution is -2.43. The molecule has 0 spiro atoms. The van der Waals surface area contributed by atoms with Crippen LogP contribution in [-0.4, -0.2) is 29.8 Å². The first-order valence-electron chi connectivity index (χ1n) is 8.77. The van der Waals surface area contributed by atoms with Gasteiger partial charge in [-0.2, -0.15) is 13.2 Å². The fourth-order valence-corrected chi connectivity index (χ4v) is 3.16. The van der Waals surface area contributed by atoms with E-state index in [1.165, 1.54) is 41.3 Å². The molecule has 3 rings (SSSR count). The molecule has 1 N–H and O–H groups in total. The van der Waals surface area contributed by atoms with Gasteiger partial charge in [-0.3, -0.25) is 9.59 Å². The highest BCUT2D eigenvalue weighted by Gasteiger charge is 2.33. The largest absolute Gasteiger partial charge is 0.416 e. The summed E-state index contributed by atoms with van der Waals surface area (Å²) in [6.07, 6.45) is -3.42. The van der Waals surface area contributed by atoms with Gasteiger partial charge in [0.25, 0.3) is 5.91 Å². The summed E-state index contributed by atoms with van der Waals surface area (Å²) in [5.74, 6) is -1.76. The van der Waals surface area contributed by atoms with Crippen molar-refractivity contribution in [1.82, 2.24) is 4.90 Å². The van der Waals surface area contributed by atoms with Gasteiger partial charge in [0, 0.05) is 24.3 Å². The summed E-state index contributed by atoms with van der Waals surface area (Å²) in [5, 5.41) is 2.67. The van der Waals surface area contributed by atoms with Gasteiger partial charge in [-0.1, -0.05) is 6.07 Å². The molecular weight excluding hydrogens is 376 g/mol. The highest BCUT2D eigenvalue weighted by molar-refractivity contribution is 5.96. The molecule has 1 atom stereocenters. The quantitative estimate of drug-likeness (QED) is 0.788. The molecule has 1 saturated heterocycles. The molecule has 8 heteroatoms. The zero-order valence-electron chi connectivity index (χ0n) is 14.8. The summed E-state index contributed by atoms with van der Waals surface area (Å²) >= 11 is 0. The van der Waals surface area contributed by atoms with Crippen LogP contribution in [0.5, 0.6) is 0 Å². The van der Waals surface area contributed by atoms with Crippen molar-refractivity contribution >= 4 is 17.5 Å². The van der Waals surface area contributed by atoms with E-state index in [0.29, 0.717) is 25.1 Å². The van der Waals surface area contributed by atoms with Crippen LogP contribution in [-0.2, 0) is 11.0 Å². The van der Waals surface area contributed by atoms with E-state index in [1.54, 1.807) is 0 Å². The van der Waals surface area contributed by atoms with Gasteiger partial charge in [-0.05, 0) is 55.3 Å². The number of halogens is 4. The Bertz CT molecular complexity index is 865. The summed E-state index contributed by atoms with van der Waals surface area (Å²) < 4.78 is 51.6. The second-order valence-corrected chi connectivity index (χ2v) is 6.67. The topological polar surface area (TPSA) is 49.4 Å². The van der Waals surface area contributed by atoms with Gasteiger partial charge in [0.1, 0.15) is 5.82 Å². The van der Waals surface area contributed by atoms with Gasteiger partial charge in [0.05, 0.1) is 11.5 Å². The van der Waals surface area contributed by atoms with E-state index in [1.807, 2.05) is 0 Å². The summed E-state index contributed by atoms with van der Waals surface area (Å²) in [5.41, 5.74) is -0.511. The molecule has 0 radical (unpaired) electrons. The fourth-order valence-electron chi connectivity index (χ4n) is 3.16. The number of carbonyl (C=O) groups is 2. The van der Waals surface area contributed by atoms with Crippen molar-refractivity contribution in [2.75, 3.05) is 18.4 Å². The summed E-state index contributed by atoms with van der Waals surface area (Å²) in [6.45, 7) is 0.484. The minimum Gasteiger partial charge on any atom is -0.338 e. The minimum absolute atomic E-state index is 0.0607. The molecular formula is C20H18F4N2O2. The van der Waals surface area contributed by atoms with E-state index in [0.717, 1.165) is 12.1 Å². The molecule has 1 heterocycles. The Hall–Kier alpha value is -2.90.